The number of thioether (sulfide) groups is 1. The fraction of sp³-hybridized carbons (Fsp3) is 0.700. The van der Waals surface area contributed by atoms with Gasteiger partial charge in [0.1, 0.15) is 0 Å². The Morgan fingerprint density at radius 1 is 0.826 bits per heavy atom. The van der Waals surface area contributed by atoms with Gasteiger partial charge in [0.25, 0.3) is 0 Å². The SMILES string of the molecule is CCCCCCSc1c(C(C)(C)C)cc(C(C)(C)C)c(O)c1O. The van der Waals surface area contributed by atoms with E-state index in [4.69, 9.17) is 0 Å². The molecule has 1 rings (SSSR count). The Hall–Kier alpha value is -0.830. The highest BCUT2D eigenvalue weighted by Gasteiger charge is 2.29. The summed E-state index contributed by atoms with van der Waals surface area (Å²) in [5, 5.41) is 21.1. The summed E-state index contributed by atoms with van der Waals surface area (Å²) in [7, 11) is 0. The number of rotatable bonds is 6. The third-order valence-electron chi connectivity index (χ3n) is 4.09. The van der Waals surface area contributed by atoms with Gasteiger partial charge in [0.15, 0.2) is 11.5 Å². The van der Waals surface area contributed by atoms with Crippen molar-refractivity contribution in [1.29, 1.82) is 0 Å². The number of phenols is 2. The Bertz CT molecular complexity index is 522. The fourth-order valence-electron chi connectivity index (χ4n) is 2.62. The third-order valence-corrected chi connectivity index (χ3v) is 5.28. The van der Waals surface area contributed by atoms with Crippen LogP contribution in [0.4, 0.5) is 0 Å². The van der Waals surface area contributed by atoms with Crippen LogP contribution in [0.3, 0.4) is 0 Å². The van der Waals surface area contributed by atoms with E-state index >= 15 is 0 Å². The monoisotopic (exact) mass is 338 g/mol. The van der Waals surface area contributed by atoms with E-state index in [1.165, 1.54) is 19.3 Å². The minimum Gasteiger partial charge on any atom is -0.504 e. The quantitative estimate of drug-likeness (QED) is 0.360. The molecule has 132 valence electrons. The lowest BCUT2D eigenvalue weighted by atomic mass is 9.80. The van der Waals surface area contributed by atoms with E-state index in [0.29, 0.717) is 0 Å². The molecule has 0 aliphatic rings. The van der Waals surface area contributed by atoms with Crippen molar-refractivity contribution in [1.82, 2.24) is 0 Å². The maximum atomic E-state index is 10.6. The van der Waals surface area contributed by atoms with Gasteiger partial charge in [0, 0.05) is 5.56 Å². The van der Waals surface area contributed by atoms with Crippen LogP contribution in [0, 0.1) is 0 Å². The van der Waals surface area contributed by atoms with Crippen LogP contribution in [0.2, 0.25) is 0 Å². The van der Waals surface area contributed by atoms with Gasteiger partial charge in [0.2, 0.25) is 0 Å². The second-order valence-electron chi connectivity index (χ2n) is 8.41. The number of unbranched alkanes of at least 4 members (excludes halogenated alkanes) is 3. The van der Waals surface area contributed by atoms with E-state index in [-0.39, 0.29) is 22.3 Å². The highest BCUT2D eigenvalue weighted by molar-refractivity contribution is 7.99. The van der Waals surface area contributed by atoms with Gasteiger partial charge in [-0.25, -0.2) is 0 Å². The second-order valence-corrected chi connectivity index (χ2v) is 9.51. The van der Waals surface area contributed by atoms with Crippen molar-refractivity contribution in [3.63, 3.8) is 0 Å². The highest BCUT2D eigenvalue weighted by atomic mass is 32.2. The van der Waals surface area contributed by atoms with Crippen LogP contribution in [0.5, 0.6) is 11.5 Å². The average molecular weight is 339 g/mol. The van der Waals surface area contributed by atoms with Crippen molar-refractivity contribution in [3.8, 4) is 11.5 Å². The number of aromatic hydroxyl groups is 2. The predicted octanol–water partition coefficient (Wildman–Crippen LogP) is 6.37. The lowest BCUT2D eigenvalue weighted by Gasteiger charge is -2.29. The van der Waals surface area contributed by atoms with Crippen molar-refractivity contribution in [2.75, 3.05) is 5.75 Å². The molecule has 1 aromatic carbocycles. The second kappa shape index (κ2) is 7.83. The predicted molar refractivity (Wildman–Crippen MR) is 102 cm³/mol. The maximum Gasteiger partial charge on any atom is 0.171 e. The molecule has 23 heavy (non-hydrogen) atoms. The molecule has 1 aromatic rings. The molecular formula is C20H34O2S. The topological polar surface area (TPSA) is 40.5 Å². The van der Waals surface area contributed by atoms with Crippen LogP contribution >= 0.6 is 11.8 Å². The smallest absolute Gasteiger partial charge is 0.171 e. The summed E-state index contributed by atoms with van der Waals surface area (Å²) in [6.07, 6.45) is 4.85. The Labute approximate surface area is 146 Å². The molecular weight excluding hydrogens is 304 g/mol. The van der Waals surface area contributed by atoms with Gasteiger partial charge < -0.3 is 10.2 Å². The van der Waals surface area contributed by atoms with E-state index in [0.717, 1.165) is 28.2 Å². The zero-order valence-corrected chi connectivity index (χ0v) is 16.7. The van der Waals surface area contributed by atoms with Crippen LogP contribution in [0.15, 0.2) is 11.0 Å². The summed E-state index contributed by atoms with van der Waals surface area (Å²) in [6.45, 7) is 14.9. The first-order valence-corrected chi connectivity index (χ1v) is 9.71. The average Bonchev–Trinajstić information content (AvgIpc) is 2.40. The van der Waals surface area contributed by atoms with E-state index in [1.807, 2.05) is 0 Å². The molecule has 0 saturated carbocycles. The number of hydrogen-bond acceptors (Lipinski definition) is 3. The van der Waals surface area contributed by atoms with Crippen molar-refractivity contribution < 1.29 is 10.2 Å². The summed E-state index contributed by atoms with van der Waals surface area (Å²) in [5.41, 5.74) is 1.66. The van der Waals surface area contributed by atoms with Gasteiger partial charge in [-0.15, -0.1) is 11.8 Å². The molecule has 0 aliphatic carbocycles. The molecule has 0 spiro atoms. The molecule has 0 atom stereocenters. The summed E-state index contributed by atoms with van der Waals surface area (Å²) in [4.78, 5) is 0.847. The van der Waals surface area contributed by atoms with E-state index in [2.05, 4.69) is 54.5 Å². The van der Waals surface area contributed by atoms with Gasteiger partial charge in [-0.3, -0.25) is 0 Å². The molecule has 2 N–H and O–H groups in total. The first-order chi connectivity index (χ1) is 10.5. The van der Waals surface area contributed by atoms with Crippen LogP contribution in [0.25, 0.3) is 0 Å². The van der Waals surface area contributed by atoms with Crippen LogP contribution in [-0.2, 0) is 10.8 Å². The Morgan fingerprint density at radius 3 is 1.87 bits per heavy atom. The minimum atomic E-state index is -0.202. The molecule has 2 nitrogen and oxygen atoms in total. The molecule has 0 aromatic heterocycles. The third kappa shape index (κ3) is 5.34. The largest absolute Gasteiger partial charge is 0.504 e. The Balaban J connectivity index is 3.20. The van der Waals surface area contributed by atoms with Crippen LogP contribution < -0.4 is 0 Å². The maximum absolute atomic E-state index is 10.6. The lowest BCUT2D eigenvalue weighted by molar-refractivity contribution is 0.376. The first kappa shape index (κ1) is 20.2. The fourth-order valence-corrected chi connectivity index (χ4v) is 3.93. The zero-order valence-electron chi connectivity index (χ0n) is 15.9. The Morgan fingerprint density at radius 2 is 1.39 bits per heavy atom. The van der Waals surface area contributed by atoms with Gasteiger partial charge in [-0.2, -0.15) is 0 Å². The molecule has 0 fully saturated rings. The summed E-state index contributed by atoms with van der Waals surface area (Å²) in [6, 6.07) is 2.09. The molecule has 0 unspecified atom stereocenters. The molecule has 0 saturated heterocycles. The first-order valence-electron chi connectivity index (χ1n) is 8.72. The Kier molecular flexibility index (Phi) is 6.88. The molecule has 0 radical (unpaired) electrons. The number of benzene rings is 1. The molecule has 3 heteroatoms. The number of phenolic OH excluding ortho intramolecular Hbond substituents is 2. The normalized spacial score (nSPS) is 12.7. The van der Waals surface area contributed by atoms with Crippen molar-refractivity contribution >= 4 is 11.8 Å². The molecule has 0 bridgehead atoms. The highest BCUT2D eigenvalue weighted by Crippen LogP contribution is 2.48. The number of hydrogen-bond donors (Lipinski definition) is 2. The van der Waals surface area contributed by atoms with Crippen LogP contribution in [-0.4, -0.2) is 16.0 Å². The van der Waals surface area contributed by atoms with Gasteiger partial charge >= 0.3 is 0 Å². The summed E-state index contributed by atoms with van der Waals surface area (Å²) < 4.78 is 0. The lowest BCUT2D eigenvalue weighted by Crippen LogP contribution is -2.17. The molecule has 0 aliphatic heterocycles. The summed E-state index contributed by atoms with van der Waals surface area (Å²) in [5.74, 6) is 1.08. The zero-order chi connectivity index (χ0) is 17.8. The molecule has 0 heterocycles. The minimum absolute atomic E-state index is 0.0431. The van der Waals surface area contributed by atoms with Crippen molar-refractivity contribution in [2.45, 2.75) is 89.9 Å². The van der Waals surface area contributed by atoms with Gasteiger partial charge in [0.05, 0.1) is 4.90 Å². The van der Waals surface area contributed by atoms with E-state index < -0.39 is 0 Å². The summed E-state index contributed by atoms with van der Waals surface area (Å²) >= 11 is 1.67. The van der Waals surface area contributed by atoms with E-state index in [1.54, 1.807) is 11.8 Å². The van der Waals surface area contributed by atoms with E-state index in [9.17, 15) is 10.2 Å². The van der Waals surface area contributed by atoms with Crippen LogP contribution in [0.1, 0.15) is 85.3 Å². The molecule has 0 amide bonds. The van der Waals surface area contributed by atoms with Gasteiger partial charge in [-0.1, -0.05) is 67.7 Å². The standard InChI is InChI=1S/C20H34O2S/c1-8-9-10-11-12-23-18-15(20(5,6)7)13-14(19(2,3)4)16(21)17(18)22/h13,21-22H,8-12H2,1-7H3. The van der Waals surface area contributed by atoms with Crippen molar-refractivity contribution in [2.24, 2.45) is 0 Å². The van der Waals surface area contributed by atoms with Gasteiger partial charge in [-0.05, 0) is 34.6 Å². The van der Waals surface area contributed by atoms with Crippen molar-refractivity contribution in [3.05, 3.63) is 17.2 Å².